The van der Waals surface area contributed by atoms with Crippen LogP contribution in [0.15, 0.2) is 18.2 Å². The molecule has 0 N–H and O–H groups in total. The van der Waals surface area contributed by atoms with Gasteiger partial charge in [-0.25, -0.2) is 0 Å². The number of rotatable bonds is 3. The molecule has 0 heterocycles. The fourth-order valence-corrected chi connectivity index (χ4v) is 2.82. The molecule has 0 saturated heterocycles. The van der Waals surface area contributed by atoms with E-state index in [1.165, 1.54) is 29.5 Å². The van der Waals surface area contributed by atoms with Crippen molar-refractivity contribution in [1.82, 2.24) is 0 Å². The highest BCUT2D eigenvalue weighted by molar-refractivity contribution is 9.09. The maximum absolute atomic E-state index is 3.85. The molecule has 2 atom stereocenters. The van der Waals surface area contributed by atoms with E-state index in [9.17, 15) is 0 Å². The Balaban J connectivity index is 2.17. The molecule has 82 valence electrons. The summed E-state index contributed by atoms with van der Waals surface area (Å²) in [6.07, 6.45) is 2.85. The van der Waals surface area contributed by atoms with E-state index in [4.69, 9.17) is 0 Å². The highest BCUT2D eigenvalue weighted by atomic mass is 79.9. The Morgan fingerprint density at radius 3 is 2.40 bits per heavy atom. The van der Waals surface area contributed by atoms with Crippen molar-refractivity contribution >= 4 is 15.9 Å². The van der Waals surface area contributed by atoms with Gasteiger partial charge in [0.15, 0.2) is 0 Å². The minimum absolute atomic E-state index is 0.532. The lowest BCUT2D eigenvalue weighted by molar-refractivity contribution is 0.503. The topological polar surface area (TPSA) is 0 Å². The van der Waals surface area contributed by atoms with Crippen LogP contribution in [0.3, 0.4) is 0 Å². The molecule has 1 aliphatic carbocycles. The van der Waals surface area contributed by atoms with Gasteiger partial charge in [0.2, 0.25) is 0 Å². The van der Waals surface area contributed by atoms with Gasteiger partial charge in [-0.2, -0.15) is 0 Å². The molecule has 1 heteroatoms. The van der Waals surface area contributed by atoms with Crippen LogP contribution in [0, 0.1) is 25.7 Å². The summed E-state index contributed by atoms with van der Waals surface area (Å²) < 4.78 is 0. The normalized spacial score (nSPS) is 20.0. The van der Waals surface area contributed by atoms with Gasteiger partial charge in [-0.3, -0.25) is 0 Å². The van der Waals surface area contributed by atoms with Crippen molar-refractivity contribution < 1.29 is 0 Å². The van der Waals surface area contributed by atoms with Gasteiger partial charge < -0.3 is 0 Å². The van der Waals surface area contributed by atoms with Crippen LogP contribution in [-0.2, 0) is 0 Å². The van der Waals surface area contributed by atoms with E-state index in [1.807, 2.05) is 0 Å². The second-order valence-electron chi connectivity index (χ2n) is 4.94. The molecule has 1 aliphatic rings. The molecule has 15 heavy (non-hydrogen) atoms. The number of halogens is 1. The van der Waals surface area contributed by atoms with E-state index in [-0.39, 0.29) is 0 Å². The zero-order valence-corrected chi connectivity index (χ0v) is 11.3. The van der Waals surface area contributed by atoms with Crippen molar-refractivity contribution in [3.63, 3.8) is 0 Å². The van der Waals surface area contributed by atoms with Crippen LogP contribution >= 0.6 is 15.9 Å². The van der Waals surface area contributed by atoms with Gasteiger partial charge in [0, 0.05) is 4.83 Å². The van der Waals surface area contributed by atoms with Gasteiger partial charge in [0.1, 0.15) is 0 Å². The fraction of sp³-hybridized carbons (Fsp3) is 0.571. The second-order valence-corrected chi connectivity index (χ2v) is 5.93. The Kier molecular flexibility index (Phi) is 3.20. The highest BCUT2D eigenvalue weighted by Gasteiger charge is 2.32. The van der Waals surface area contributed by atoms with Crippen LogP contribution < -0.4 is 0 Å². The van der Waals surface area contributed by atoms with E-state index >= 15 is 0 Å². The third-order valence-electron chi connectivity index (χ3n) is 3.68. The molecule has 1 fully saturated rings. The molecular weight excluding hydrogens is 248 g/mol. The molecule has 0 nitrogen and oxygen atoms in total. The van der Waals surface area contributed by atoms with Crippen molar-refractivity contribution in [3.05, 3.63) is 34.9 Å². The van der Waals surface area contributed by atoms with Gasteiger partial charge in [-0.1, -0.05) is 41.1 Å². The Bertz CT molecular complexity index is 352. The van der Waals surface area contributed by atoms with Crippen LogP contribution in [0.4, 0.5) is 0 Å². The number of aryl methyl sites for hydroxylation is 2. The summed E-state index contributed by atoms with van der Waals surface area (Å²) in [7, 11) is 0. The molecule has 1 aromatic rings. The van der Waals surface area contributed by atoms with Crippen LogP contribution in [0.25, 0.3) is 0 Å². The van der Waals surface area contributed by atoms with E-state index in [0.29, 0.717) is 4.83 Å². The molecule has 0 amide bonds. The SMILES string of the molecule is Cc1ccc(C(Br)C(C)C2CC2)cc1C. The summed E-state index contributed by atoms with van der Waals surface area (Å²) in [5.74, 6) is 1.73. The summed E-state index contributed by atoms with van der Waals surface area (Å²) in [4.78, 5) is 0.532. The zero-order valence-electron chi connectivity index (χ0n) is 9.76. The molecule has 0 aliphatic heterocycles. The summed E-state index contributed by atoms with van der Waals surface area (Å²) in [5.41, 5.74) is 4.23. The minimum Gasteiger partial charge on any atom is -0.0836 e. The first-order valence-electron chi connectivity index (χ1n) is 5.81. The number of alkyl halides is 1. The zero-order chi connectivity index (χ0) is 11.0. The Hall–Kier alpha value is -0.300. The first kappa shape index (κ1) is 11.2. The first-order chi connectivity index (χ1) is 7.09. The first-order valence-corrected chi connectivity index (χ1v) is 6.72. The molecule has 1 aromatic carbocycles. The van der Waals surface area contributed by atoms with Crippen molar-refractivity contribution in [2.45, 2.75) is 38.4 Å². The maximum Gasteiger partial charge on any atom is 0.0423 e. The lowest BCUT2D eigenvalue weighted by Gasteiger charge is -2.19. The number of hydrogen-bond acceptors (Lipinski definition) is 0. The third kappa shape index (κ3) is 2.44. The molecule has 2 unspecified atom stereocenters. The van der Waals surface area contributed by atoms with Crippen molar-refractivity contribution in [3.8, 4) is 0 Å². The predicted octanol–water partition coefficient (Wildman–Crippen LogP) is 4.79. The lowest BCUT2D eigenvalue weighted by atomic mass is 9.94. The van der Waals surface area contributed by atoms with E-state index in [1.54, 1.807) is 0 Å². The van der Waals surface area contributed by atoms with E-state index in [2.05, 4.69) is 54.9 Å². The molecule has 0 spiro atoms. The molecule has 0 radical (unpaired) electrons. The predicted molar refractivity (Wildman–Crippen MR) is 69.5 cm³/mol. The third-order valence-corrected chi connectivity index (χ3v) is 5.04. The van der Waals surface area contributed by atoms with Crippen LogP contribution in [0.5, 0.6) is 0 Å². The second kappa shape index (κ2) is 4.29. The highest BCUT2D eigenvalue weighted by Crippen LogP contribution is 2.46. The van der Waals surface area contributed by atoms with Crippen LogP contribution in [0.1, 0.15) is 41.3 Å². The van der Waals surface area contributed by atoms with Crippen LogP contribution in [-0.4, -0.2) is 0 Å². The van der Waals surface area contributed by atoms with Crippen LogP contribution in [0.2, 0.25) is 0 Å². The molecule has 0 bridgehead atoms. The maximum atomic E-state index is 3.85. The number of benzene rings is 1. The van der Waals surface area contributed by atoms with Gasteiger partial charge in [0.25, 0.3) is 0 Å². The molecular formula is C14H19Br. The monoisotopic (exact) mass is 266 g/mol. The average Bonchev–Trinajstić information content (AvgIpc) is 3.03. The Labute approximate surface area is 101 Å². The van der Waals surface area contributed by atoms with Crippen molar-refractivity contribution in [2.24, 2.45) is 11.8 Å². The summed E-state index contributed by atoms with van der Waals surface area (Å²) >= 11 is 3.85. The lowest BCUT2D eigenvalue weighted by Crippen LogP contribution is -2.06. The van der Waals surface area contributed by atoms with Crippen molar-refractivity contribution in [1.29, 1.82) is 0 Å². The average molecular weight is 267 g/mol. The summed E-state index contributed by atoms with van der Waals surface area (Å²) in [6, 6.07) is 6.83. The van der Waals surface area contributed by atoms with Gasteiger partial charge in [-0.15, -0.1) is 0 Å². The Morgan fingerprint density at radius 2 is 1.87 bits per heavy atom. The van der Waals surface area contributed by atoms with E-state index < -0.39 is 0 Å². The van der Waals surface area contributed by atoms with Gasteiger partial charge in [0.05, 0.1) is 0 Å². The van der Waals surface area contributed by atoms with E-state index in [0.717, 1.165) is 11.8 Å². The van der Waals surface area contributed by atoms with Gasteiger partial charge >= 0.3 is 0 Å². The number of hydrogen-bond donors (Lipinski definition) is 0. The van der Waals surface area contributed by atoms with Crippen molar-refractivity contribution in [2.75, 3.05) is 0 Å². The summed E-state index contributed by atoms with van der Waals surface area (Å²) in [6.45, 7) is 6.74. The fourth-order valence-electron chi connectivity index (χ4n) is 2.10. The van der Waals surface area contributed by atoms with Gasteiger partial charge in [-0.05, 0) is 55.2 Å². The quantitative estimate of drug-likeness (QED) is 0.691. The molecule has 0 aromatic heterocycles. The Morgan fingerprint density at radius 1 is 1.20 bits per heavy atom. The molecule has 1 saturated carbocycles. The summed E-state index contributed by atoms with van der Waals surface area (Å²) in [5, 5.41) is 0. The largest absolute Gasteiger partial charge is 0.0836 e. The standard InChI is InChI=1S/C14H19Br/c1-9-4-5-13(8-10(9)2)14(15)11(3)12-6-7-12/h4-5,8,11-12,14H,6-7H2,1-3H3. The molecule has 2 rings (SSSR count). The minimum atomic E-state index is 0.532. The smallest absolute Gasteiger partial charge is 0.0423 e.